The quantitative estimate of drug-likeness (QED) is 0.340. The molecule has 0 spiro atoms. The van der Waals surface area contributed by atoms with E-state index in [0.717, 1.165) is 0 Å². The van der Waals surface area contributed by atoms with Crippen LogP contribution in [0.5, 0.6) is 0 Å². The molecular weight excluding hydrogens is 245 g/mol. The standard InChI is InChI=1S/H3N.Na.H2O7S3.H/c;;1-8(2)6-10(5)7-9(3)4;/h1H3;;(H,1,2)(H,3,4);/q;+1;;-1. The van der Waals surface area contributed by atoms with Crippen molar-refractivity contribution >= 4 is 34.1 Å². The van der Waals surface area contributed by atoms with Gasteiger partial charge in [-0.25, -0.2) is 0 Å². The van der Waals surface area contributed by atoms with Crippen LogP contribution in [-0.2, 0) is 41.3 Å². The molecule has 0 aliphatic rings. The molecule has 0 aromatic rings. The first-order valence-electron chi connectivity index (χ1n) is 1.53. The van der Waals surface area contributed by atoms with Gasteiger partial charge < -0.3 is 7.58 Å². The minimum atomic E-state index is -2.78. The third-order valence-corrected chi connectivity index (χ3v) is 2.05. The van der Waals surface area contributed by atoms with Crippen LogP contribution in [0.1, 0.15) is 1.43 Å². The third kappa shape index (κ3) is 13.8. The first-order chi connectivity index (χ1) is 4.52. The molecule has 2 unspecified atom stereocenters. The average Bonchev–Trinajstić information content (AvgIpc) is 1.58. The monoisotopic (exact) mass is 251 g/mol. The van der Waals surface area contributed by atoms with Gasteiger partial charge in [0.25, 0.3) is 0 Å². The predicted molar refractivity (Wildman–Crippen MR) is 38.0 cm³/mol. The molecule has 0 aliphatic carbocycles. The van der Waals surface area contributed by atoms with Gasteiger partial charge in [-0.05, 0) is 0 Å². The Morgan fingerprint density at radius 3 is 1.42 bits per heavy atom. The summed E-state index contributed by atoms with van der Waals surface area (Å²) in [5.74, 6) is 0. The molecule has 8 nitrogen and oxygen atoms in total. The van der Waals surface area contributed by atoms with Crippen LogP contribution in [0.3, 0.4) is 0 Å². The summed E-state index contributed by atoms with van der Waals surface area (Å²) in [5.41, 5.74) is 0. The van der Waals surface area contributed by atoms with Crippen LogP contribution in [0.4, 0.5) is 0 Å². The molecule has 0 radical (unpaired) electrons. The Balaban J connectivity index is -0.000000135. The van der Waals surface area contributed by atoms with Crippen molar-refractivity contribution in [2.45, 2.75) is 0 Å². The number of hydrogen-bond acceptors (Lipinski definition) is 6. The van der Waals surface area contributed by atoms with E-state index >= 15 is 0 Å². The van der Waals surface area contributed by atoms with Crippen LogP contribution >= 0.6 is 0 Å². The fourth-order valence-electron chi connectivity index (χ4n) is 0.106. The Labute approximate surface area is 99.6 Å². The van der Waals surface area contributed by atoms with Crippen LogP contribution in [0, 0.1) is 0 Å². The van der Waals surface area contributed by atoms with Gasteiger partial charge in [0.15, 0.2) is 0 Å². The van der Waals surface area contributed by atoms with E-state index in [2.05, 4.69) is 7.26 Å². The molecule has 0 amide bonds. The Bertz CT molecular complexity index is 167. The van der Waals surface area contributed by atoms with Crippen molar-refractivity contribution in [2.75, 3.05) is 0 Å². The van der Waals surface area contributed by atoms with E-state index in [1.807, 2.05) is 0 Å². The number of rotatable bonds is 4. The smallest absolute Gasteiger partial charge is 1.00 e. The van der Waals surface area contributed by atoms with Crippen LogP contribution in [-0.4, -0.2) is 21.7 Å². The fourth-order valence-corrected chi connectivity index (χ4v) is 1.16. The fraction of sp³-hybridized carbons (Fsp3) is 0. The summed E-state index contributed by atoms with van der Waals surface area (Å²) in [7, 11) is 0. The average molecular weight is 251 g/mol. The van der Waals surface area contributed by atoms with Crippen LogP contribution in [0.15, 0.2) is 0 Å². The predicted octanol–water partition coefficient (Wildman–Crippen LogP) is -3.85. The molecule has 5 N–H and O–H groups in total. The van der Waals surface area contributed by atoms with E-state index in [4.69, 9.17) is 9.11 Å². The van der Waals surface area contributed by atoms with Crippen molar-refractivity contribution in [1.82, 2.24) is 6.15 Å². The SMILES string of the molecule is N.O=S(O)OS(=O)OS(=O)O.[H-].[Na+]. The second-order valence-electron chi connectivity index (χ2n) is 0.774. The minimum Gasteiger partial charge on any atom is -1.00 e. The summed E-state index contributed by atoms with van der Waals surface area (Å²) in [6, 6.07) is 0. The third-order valence-electron chi connectivity index (χ3n) is 0.228. The molecule has 2 atom stereocenters. The van der Waals surface area contributed by atoms with Gasteiger partial charge in [-0.3, -0.25) is 9.11 Å². The molecule has 0 saturated carbocycles. The summed E-state index contributed by atoms with van der Waals surface area (Å²) < 4.78 is 51.9. The van der Waals surface area contributed by atoms with E-state index in [1.54, 1.807) is 0 Å². The van der Waals surface area contributed by atoms with Gasteiger partial charge in [-0.1, -0.05) is 0 Å². The Morgan fingerprint density at radius 1 is 1.00 bits per heavy atom. The Hall–Kier alpha value is 1.25. The molecular formula is H6NNaO7S3. The molecule has 0 bridgehead atoms. The van der Waals surface area contributed by atoms with E-state index in [1.165, 1.54) is 0 Å². The summed E-state index contributed by atoms with van der Waals surface area (Å²) in [6.45, 7) is 0. The van der Waals surface area contributed by atoms with Gasteiger partial charge in [-0.15, -0.1) is 7.26 Å². The first-order valence-corrected chi connectivity index (χ1v) is 4.60. The summed E-state index contributed by atoms with van der Waals surface area (Å²) in [6.07, 6.45) is 0. The maximum Gasteiger partial charge on any atom is 1.00 e. The summed E-state index contributed by atoms with van der Waals surface area (Å²) >= 11 is -8.25. The van der Waals surface area contributed by atoms with Crippen LogP contribution < -0.4 is 35.7 Å². The molecule has 0 aliphatic heterocycles. The van der Waals surface area contributed by atoms with E-state index in [0.29, 0.717) is 0 Å². The Morgan fingerprint density at radius 2 is 1.25 bits per heavy atom. The Kier molecular flexibility index (Phi) is 16.3. The van der Waals surface area contributed by atoms with Crippen LogP contribution in [0.25, 0.3) is 0 Å². The minimum absolute atomic E-state index is 0. The molecule has 0 saturated heterocycles. The van der Waals surface area contributed by atoms with Crippen LogP contribution in [0.2, 0.25) is 0 Å². The van der Waals surface area contributed by atoms with Crippen molar-refractivity contribution in [1.29, 1.82) is 0 Å². The molecule has 0 fully saturated rings. The van der Waals surface area contributed by atoms with Crippen molar-refractivity contribution in [3.05, 3.63) is 0 Å². The zero-order valence-electron chi connectivity index (χ0n) is 6.87. The normalized spacial score (nSPS) is 16.5. The van der Waals surface area contributed by atoms with Gasteiger partial charge >= 0.3 is 63.6 Å². The van der Waals surface area contributed by atoms with Gasteiger partial charge in [-0.2, -0.15) is 12.6 Å². The molecule has 72 valence electrons. The second kappa shape index (κ2) is 10.3. The van der Waals surface area contributed by atoms with E-state index in [-0.39, 0.29) is 37.1 Å². The largest absolute Gasteiger partial charge is 1.00 e. The zero-order valence-corrected chi connectivity index (χ0v) is 10.3. The van der Waals surface area contributed by atoms with Crippen molar-refractivity contribution < 1.29 is 60.0 Å². The van der Waals surface area contributed by atoms with Gasteiger partial charge in [0.1, 0.15) is 0 Å². The molecule has 12 heteroatoms. The topological polar surface area (TPSA) is 145 Å². The van der Waals surface area contributed by atoms with Gasteiger partial charge in [0, 0.05) is 0 Å². The molecule has 0 heterocycles. The van der Waals surface area contributed by atoms with E-state index < -0.39 is 34.1 Å². The van der Waals surface area contributed by atoms with Gasteiger partial charge in [0.2, 0.25) is 0 Å². The molecule has 12 heavy (non-hydrogen) atoms. The van der Waals surface area contributed by atoms with Crippen molar-refractivity contribution in [3.63, 3.8) is 0 Å². The number of hydrogen-bond donors (Lipinski definition) is 3. The maximum absolute atomic E-state index is 10.0. The van der Waals surface area contributed by atoms with Crippen molar-refractivity contribution in [2.24, 2.45) is 0 Å². The van der Waals surface area contributed by atoms with E-state index in [9.17, 15) is 12.6 Å². The van der Waals surface area contributed by atoms with Gasteiger partial charge in [0.05, 0.1) is 0 Å². The van der Waals surface area contributed by atoms with Crippen molar-refractivity contribution in [3.8, 4) is 0 Å². The molecule has 0 aromatic carbocycles. The first kappa shape index (κ1) is 18.9. The maximum atomic E-state index is 10.0. The summed E-state index contributed by atoms with van der Waals surface area (Å²) in [5, 5.41) is 0. The zero-order chi connectivity index (χ0) is 8.15. The second-order valence-corrected chi connectivity index (χ2v) is 3.14. The molecule has 0 aromatic heterocycles. The molecule has 0 rings (SSSR count). The summed E-state index contributed by atoms with van der Waals surface area (Å²) in [4.78, 5) is 0.